The predicted molar refractivity (Wildman–Crippen MR) is 90.5 cm³/mol. The summed E-state index contributed by atoms with van der Waals surface area (Å²) in [6.45, 7) is 3.72. The molecule has 1 fully saturated rings. The van der Waals surface area contributed by atoms with E-state index in [-0.39, 0.29) is 0 Å². The molecule has 1 saturated heterocycles. The summed E-state index contributed by atoms with van der Waals surface area (Å²) in [5.41, 5.74) is 1.25. The van der Waals surface area contributed by atoms with Crippen molar-refractivity contribution in [2.45, 2.75) is 10.8 Å². The topological polar surface area (TPSA) is 51.1 Å². The van der Waals surface area contributed by atoms with Gasteiger partial charge in [0.2, 0.25) is 0 Å². The van der Waals surface area contributed by atoms with E-state index in [4.69, 9.17) is 4.74 Å². The maximum Gasteiger partial charge on any atom is 0.252 e. The van der Waals surface area contributed by atoms with Crippen molar-refractivity contribution in [1.29, 1.82) is 0 Å². The summed E-state index contributed by atoms with van der Waals surface area (Å²) in [7, 11) is -1.64. The Morgan fingerprint density at radius 3 is 2.43 bits per heavy atom. The van der Waals surface area contributed by atoms with E-state index < -0.39 is 10.0 Å². The fourth-order valence-corrected chi connectivity index (χ4v) is 5.38. The van der Waals surface area contributed by atoms with Crippen LogP contribution in [0.4, 0.5) is 0 Å². The van der Waals surface area contributed by atoms with Crippen molar-refractivity contribution < 1.29 is 18.1 Å². The summed E-state index contributed by atoms with van der Waals surface area (Å²) in [5, 5.41) is 1.80. The molecule has 7 heteroatoms. The van der Waals surface area contributed by atoms with E-state index in [0.717, 1.165) is 25.4 Å². The highest BCUT2D eigenvalue weighted by Gasteiger charge is 2.30. The molecular weight excluding hydrogens is 332 g/mol. The van der Waals surface area contributed by atoms with Crippen LogP contribution in [0.2, 0.25) is 0 Å². The molecule has 5 nitrogen and oxygen atoms in total. The second kappa shape index (κ2) is 7.00. The van der Waals surface area contributed by atoms with E-state index in [1.165, 1.54) is 21.8 Å². The molecule has 1 aromatic heterocycles. The highest BCUT2D eigenvalue weighted by Crippen LogP contribution is 2.20. The monoisotopic (exact) mass is 353 g/mol. The quantitative estimate of drug-likeness (QED) is 0.867. The van der Waals surface area contributed by atoms with Gasteiger partial charge in [0.05, 0.1) is 33.3 Å². The molecule has 0 saturated carbocycles. The maximum atomic E-state index is 12.5. The van der Waals surface area contributed by atoms with Gasteiger partial charge in [0.1, 0.15) is 16.5 Å². The van der Waals surface area contributed by atoms with Gasteiger partial charge in [0.15, 0.2) is 0 Å². The number of piperazine rings is 1. The van der Waals surface area contributed by atoms with Crippen molar-refractivity contribution in [3.05, 3.63) is 47.3 Å². The first-order valence-corrected chi connectivity index (χ1v) is 9.92. The first-order valence-electron chi connectivity index (χ1n) is 7.60. The Morgan fingerprint density at radius 2 is 1.87 bits per heavy atom. The molecule has 1 aromatic carbocycles. The molecule has 3 rings (SSSR count). The van der Waals surface area contributed by atoms with E-state index in [9.17, 15) is 8.42 Å². The van der Waals surface area contributed by atoms with E-state index in [1.807, 2.05) is 12.1 Å². The average Bonchev–Trinajstić information content (AvgIpc) is 3.11. The SMILES string of the molecule is COc1ccc(C[NH+]2CCN(S(=O)(=O)c3cccs3)CC2)cc1. The van der Waals surface area contributed by atoms with Gasteiger partial charge in [-0.1, -0.05) is 6.07 Å². The minimum absolute atomic E-state index is 0.441. The average molecular weight is 353 g/mol. The first-order chi connectivity index (χ1) is 11.1. The molecular formula is C16H21N2O3S2+. The van der Waals surface area contributed by atoms with Gasteiger partial charge in [-0.05, 0) is 35.7 Å². The summed E-state index contributed by atoms with van der Waals surface area (Å²) < 4.78 is 32.2. The van der Waals surface area contributed by atoms with E-state index in [0.29, 0.717) is 17.3 Å². The standard InChI is InChI=1S/C16H20N2O3S2/c1-21-15-6-4-14(5-7-15)13-17-8-10-18(11-9-17)23(19,20)16-3-2-12-22-16/h2-7,12H,8-11,13H2,1H3/p+1. The number of rotatable bonds is 5. The summed E-state index contributed by atoms with van der Waals surface area (Å²) in [4.78, 5) is 1.41. The molecule has 2 aromatic rings. The van der Waals surface area contributed by atoms with Gasteiger partial charge in [-0.3, -0.25) is 0 Å². The normalized spacial score (nSPS) is 17.3. The second-order valence-electron chi connectivity index (χ2n) is 5.61. The fourth-order valence-electron chi connectivity index (χ4n) is 2.79. The number of nitrogens with zero attached hydrogens (tertiary/aromatic N) is 1. The molecule has 0 unspecified atom stereocenters. The van der Waals surface area contributed by atoms with Crippen LogP contribution in [-0.2, 0) is 16.6 Å². The van der Waals surface area contributed by atoms with E-state index in [1.54, 1.807) is 28.9 Å². The predicted octanol–water partition coefficient (Wildman–Crippen LogP) is 0.846. The van der Waals surface area contributed by atoms with Crippen LogP contribution in [-0.4, -0.2) is 46.0 Å². The van der Waals surface area contributed by atoms with Crippen molar-refractivity contribution in [2.24, 2.45) is 0 Å². The molecule has 124 valence electrons. The number of ether oxygens (including phenoxy) is 1. The minimum atomic E-state index is -3.30. The number of hydrogen-bond donors (Lipinski definition) is 1. The van der Waals surface area contributed by atoms with Crippen molar-refractivity contribution in [3.8, 4) is 5.75 Å². The lowest BCUT2D eigenvalue weighted by Crippen LogP contribution is -3.13. The zero-order chi connectivity index (χ0) is 16.3. The molecule has 2 heterocycles. The number of methoxy groups -OCH3 is 1. The largest absolute Gasteiger partial charge is 0.497 e. The number of benzene rings is 1. The Bertz CT molecular complexity index is 719. The Hall–Kier alpha value is -1.41. The summed E-state index contributed by atoms with van der Waals surface area (Å²) >= 11 is 1.28. The van der Waals surface area contributed by atoms with E-state index >= 15 is 0 Å². The van der Waals surface area contributed by atoms with Crippen molar-refractivity contribution in [1.82, 2.24) is 4.31 Å². The molecule has 23 heavy (non-hydrogen) atoms. The first kappa shape index (κ1) is 16.4. The summed E-state index contributed by atoms with van der Waals surface area (Å²) in [6.07, 6.45) is 0. The van der Waals surface area contributed by atoms with Crippen LogP contribution in [0.3, 0.4) is 0 Å². The maximum absolute atomic E-state index is 12.5. The second-order valence-corrected chi connectivity index (χ2v) is 8.72. The lowest BCUT2D eigenvalue weighted by molar-refractivity contribution is -0.917. The lowest BCUT2D eigenvalue weighted by Gasteiger charge is -2.31. The molecule has 0 amide bonds. The fraction of sp³-hybridized carbons (Fsp3) is 0.375. The molecule has 1 N–H and O–H groups in total. The van der Waals surface area contributed by atoms with Gasteiger partial charge in [-0.25, -0.2) is 8.42 Å². The Labute approximate surface area is 141 Å². The summed E-state index contributed by atoms with van der Waals surface area (Å²) in [6, 6.07) is 11.5. The minimum Gasteiger partial charge on any atom is -0.497 e. The highest BCUT2D eigenvalue weighted by atomic mass is 32.2. The number of nitrogens with one attached hydrogen (secondary N) is 1. The zero-order valence-corrected chi connectivity index (χ0v) is 14.7. The smallest absolute Gasteiger partial charge is 0.252 e. The third kappa shape index (κ3) is 3.74. The van der Waals surface area contributed by atoms with Crippen molar-refractivity contribution >= 4 is 21.4 Å². The van der Waals surface area contributed by atoms with Crippen LogP contribution >= 0.6 is 11.3 Å². The van der Waals surface area contributed by atoms with Gasteiger partial charge in [0.25, 0.3) is 10.0 Å². The van der Waals surface area contributed by atoms with Crippen LogP contribution in [0.15, 0.2) is 46.0 Å². The molecule has 0 atom stereocenters. The van der Waals surface area contributed by atoms with Crippen LogP contribution in [0.25, 0.3) is 0 Å². The molecule has 0 aliphatic carbocycles. The zero-order valence-electron chi connectivity index (χ0n) is 13.1. The molecule has 0 bridgehead atoms. The van der Waals surface area contributed by atoms with Crippen molar-refractivity contribution in [3.63, 3.8) is 0 Å². The molecule has 1 aliphatic heterocycles. The molecule has 0 radical (unpaired) electrons. The van der Waals surface area contributed by atoms with Gasteiger partial charge in [-0.2, -0.15) is 4.31 Å². The molecule has 0 spiro atoms. The lowest BCUT2D eigenvalue weighted by atomic mass is 10.2. The van der Waals surface area contributed by atoms with Crippen LogP contribution in [0.5, 0.6) is 5.75 Å². The van der Waals surface area contributed by atoms with E-state index in [2.05, 4.69) is 12.1 Å². The third-order valence-corrected chi connectivity index (χ3v) is 7.40. The Kier molecular flexibility index (Phi) is 5.01. The van der Waals surface area contributed by atoms with Gasteiger partial charge >= 0.3 is 0 Å². The van der Waals surface area contributed by atoms with Crippen LogP contribution < -0.4 is 9.64 Å². The highest BCUT2D eigenvalue weighted by molar-refractivity contribution is 7.91. The molecule has 1 aliphatic rings. The number of sulfonamides is 1. The number of quaternary nitrogens is 1. The van der Waals surface area contributed by atoms with Crippen LogP contribution in [0, 0.1) is 0 Å². The number of hydrogen-bond acceptors (Lipinski definition) is 4. The third-order valence-electron chi connectivity index (χ3n) is 4.13. The van der Waals surface area contributed by atoms with Gasteiger partial charge < -0.3 is 9.64 Å². The Morgan fingerprint density at radius 1 is 1.17 bits per heavy atom. The number of thiophene rings is 1. The van der Waals surface area contributed by atoms with Crippen molar-refractivity contribution in [2.75, 3.05) is 33.3 Å². The van der Waals surface area contributed by atoms with Gasteiger partial charge in [0, 0.05) is 5.56 Å². The van der Waals surface area contributed by atoms with Crippen LogP contribution in [0.1, 0.15) is 5.56 Å². The Balaban J connectivity index is 1.58. The summed E-state index contributed by atoms with van der Waals surface area (Å²) in [5.74, 6) is 0.857. The van der Waals surface area contributed by atoms with Gasteiger partial charge in [-0.15, -0.1) is 11.3 Å².